The van der Waals surface area contributed by atoms with E-state index < -0.39 is 0 Å². The van der Waals surface area contributed by atoms with E-state index in [4.69, 9.17) is 4.74 Å². The number of rotatable bonds is 7. The molecule has 0 aliphatic carbocycles. The largest absolute Gasteiger partial charge is 0.496 e. The molecule has 136 valence electrons. The molecule has 1 unspecified atom stereocenters. The average Bonchev–Trinajstić information content (AvgIpc) is 3.05. The second-order valence-electron chi connectivity index (χ2n) is 5.87. The molecule has 6 nitrogen and oxygen atoms in total. The number of hydrogen-bond donors (Lipinski definition) is 1. The van der Waals surface area contributed by atoms with Gasteiger partial charge < -0.3 is 15.0 Å². The zero-order valence-corrected chi connectivity index (χ0v) is 15.4. The van der Waals surface area contributed by atoms with Crippen molar-refractivity contribution in [1.82, 2.24) is 15.2 Å². The molecule has 1 aromatic carbocycles. The quantitative estimate of drug-likeness (QED) is 0.809. The van der Waals surface area contributed by atoms with Crippen LogP contribution in [0.15, 0.2) is 48.8 Å². The number of aromatic nitrogens is 1. The number of nitrogens with one attached hydrogen (secondary N) is 1. The minimum Gasteiger partial charge on any atom is -0.496 e. The molecule has 0 bridgehead atoms. The Morgan fingerprint density at radius 3 is 2.85 bits per heavy atom. The first kappa shape index (κ1) is 18.3. The van der Waals surface area contributed by atoms with E-state index in [9.17, 15) is 9.59 Å². The Morgan fingerprint density at radius 1 is 1.31 bits per heavy atom. The Kier molecular flexibility index (Phi) is 6.12. The number of pyridine rings is 1. The van der Waals surface area contributed by atoms with Crippen molar-refractivity contribution in [2.24, 2.45) is 0 Å². The fourth-order valence-corrected chi connectivity index (χ4v) is 4.08. The first-order valence-electron chi connectivity index (χ1n) is 8.38. The summed E-state index contributed by atoms with van der Waals surface area (Å²) in [4.78, 5) is 30.1. The van der Waals surface area contributed by atoms with Crippen LogP contribution in [0.2, 0.25) is 0 Å². The molecule has 1 aromatic heterocycles. The van der Waals surface area contributed by atoms with Gasteiger partial charge in [-0.25, -0.2) is 0 Å². The second-order valence-corrected chi connectivity index (χ2v) is 6.94. The third kappa shape index (κ3) is 4.35. The van der Waals surface area contributed by atoms with Gasteiger partial charge in [-0.05, 0) is 23.8 Å². The number of thioether (sulfide) groups is 1. The van der Waals surface area contributed by atoms with Crippen LogP contribution in [0.4, 0.5) is 0 Å². The normalized spacial score (nSPS) is 16.6. The van der Waals surface area contributed by atoms with Crippen LogP contribution >= 0.6 is 11.8 Å². The van der Waals surface area contributed by atoms with Gasteiger partial charge in [0.05, 0.1) is 12.9 Å². The highest BCUT2D eigenvalue weighted by Crippen LogP contribution is 2.42. The first-order valence-corrected chi connectivity index (χ1v) is 9.43. The van der Waals surface area contributed by atoms with Gasteiger partial charge in [-0.3, -0.25) is 14.6 Å². The predicted octanol–water partition coefficient (Wildman–Crippen LogP) is 2.37. The number of para-hydroxylation sites is 1. The minimum atomic E-state index is -0.119. The molecule has 2 heterocycles. The van der Waals surface area contributed by atoms with Gasteiger partial charge in [-0.2, -0.15) is 0 Å². The number of nitrogens with zero attached hydrogens (tertiary/aromatic N) is 2. The minimum absolute atomic E-state index is 0.0489. The van der Waals surface area contributed by atoms with Crippen molar-refractivity contribution < 1.29 is 14.3 Å². The topological polar surface area (TPSA) is 71.5 Å². The lowest BCUT2D eigenvalue weighted by Crippen LogP contribution is -2.33. The smallest absolute Gasteiger partial charge is 0.233 e. The summed E-state index contributed by atoms with van der Waals surface area (Å²) in [6.45, 7) is 0.844. The van der Waals surface area contributed by atoms with E-state index in [1.807, 2.05) is 36.4 Å². The van der Waals surface area contributed by atoms with Crippen LogP contribution in [0.3, 0.4) is 0 Å². The van der Waals surface area contributed by atoms with Crippen LogP contribution in [0.25, 0.3) is 0 Å². The molecule has 1 saturated heterocycles. The van der Waals surface area contributed by atoms with Crippen LogP contribution in [0, 0.1) is 0 Å². The number of benzene rings is 1. The second kappa shape index (κ2) is 8.71. The van der Waals surface area contributed by atoms with Gasteiger partial charge in [0, 0.05) is 37.5 Å². The van der Waals surface area contributed by atoms with Gasteiger partial charge in [0.25, 0.3) is 0 Å². The summed E-state index contributed by atoms with van der Waals surface area (Å²) < 4.78 is 5.42. The molecule has 1 N–H and O–H groups in total. The van der Waals surface area contributed by atoms with Gasteiger partial charge >= 0.3 is 0 Å². The lowest BCUT2D eigenvalue weighted by atomic mass is 10.1. The molecule has 1 atom stereocenters. The number of carbonyl (C=O) groups excluding carboxylic acids is 2. The van der Waals surface area contributed by atoms with Crippen LogP contribution in [0.5, 0.6) is 5.75 Å². The lowest BCUT2D eigenvalue weighted by Gasteiger charge is -2.25. The summed E-state index contributed by atoms with van der Waals surface area (Å²) in [5.41, 5.74) is 1.95. The molecule has 26 heavy (non-hydrogen) atoms. The number of amides is 2. The average molecular weight is 371 g/mol. The van der Waals surface area contributed by atoms with Crippen molar-refractivity contribution in [2.45, 2.75) is 18.3 Å². The highest BCUT2D eigenvalue weighted by atomic mass is 32.2. The van der Waals surface area contributed by atoms with Crippen LogP contribution in [-0.2, 0) is 16.1 Å². The maximum atomic E-state index is 12.3. The zero-order chi connectivity index (χ0) is 18.4. The SMILES string of the molecule is COc1ccccc1C1SCC(=O)N1CCC(=O)NCc1ccncc1. The van der Waals surface area contributed by atoms with Gasteiger partial charge in [-0.1, -0.05) is 18.2 Å². The van der Waals surface area contributed by atoms with E-state index in [0.717, 1.165) is 16.9 Å². The van der Waals surface area contributed by atoms with Crippen molar-refractivity contribution in [3.8, 4) is 5.75 Å². The number of ether oxygens (including phenoxy) is 1. The molecular formula is C19H21N3O3S. The first-order chi connectivity index (χ1) is 12.7. The maximum absolute atomic E-state index is 12.3. The Bertz CT molecular complexity index is 770. The van der Waals surface area contributed by atoms with E-state index in [0.29, 0.717) is 18.8 Å². The Morgan fingerprint density at radius 2 is 2.08 bits per heavy atom. The number of hydrogen-bond acceptors (Lipinski definition) is 5. The Balaban J connectivity index is 1.58. The van der Waals surface area contributed by atoms with E-state index in [2.05, 4.69) is 10.3 Å². The molecule has 0 spiro atoms. The highest BCUT2D eigenvalue weighted by molar-refractivity contribution is 8.00. The highest BCUT2D eigenvalue weighted by Gasteiger charge is 2.34. The molecule has 1 aliphatic rings. The summed E-state index contributed by atoms with van der Waals surface area (Å²) in [5.74, 6) is 1.14. The van der Waals surface area contributed by atoms with Gasteiger partial charge in [0.1, 0.15) is 11.1 Å². The third-order valence-electron chi connectivity index (χ3n) is 4.19. The van der Waals surface area contributed by atoms with Crippen molar-refractivity contribution in [3.63, 3.8) is 0 Å². The molecule has 3 rings (SSSR count). The fourth-order valence-electron chi connectivity index (χ4n) is 2.84. The summed E-state index contributed by atoms with van der Waals surface area (Å²) in [6.07, 6.45) is 3.65. The van der Waals surface area contributed by atoms with Gasteiger partial charge in [0.2, 0.25) is 11.8 Å². The molecule has 2 amide bonds. The molecule has 2 aromatic rings. The Labute approximate surface area is 156 Å². The molecule has 0 radical (unpaired) electrons. The molecule has 1 aliphatic heterocycles. The van der Waals surface area contributed by atoms with Gasteiger partial charge in [-0.15, -0.1) is 11.8 Å². The standard InChI is InChI=1S/C19H21N3O3S/c1-25-16-5-3-2-4-15(16)19-22(18(24)13-26-19)11-8-17(23)21-12-14-6-9-20-10-7-14/h2-7,9-10,19H,8,11-13H2,1H3,(H,21,23). The van der Waals surface area contributed by atoms with Crippen LogP contribution < -0.4 is 10.1 Å². The summed E-state index contributed by atoms with van der Waals surface area (Å²) in [5, 5.41) is 2.76. The molecular weight excluding hydrogens is 350 g/mol. The number of carbonyl (C=O) groups is 2. The summed E-state index contributed by atoms with van der Waals surface area (Å²) in [7, 11) is 1.62. The molecule has 0 saturated carbocycles. The lowest BCUT2D eigenvalue weighted by molar-refractivity contribution is -0.129. The van der Waals surface area contributed by atoms with Crippen molar-refractivity contribution >= 4 is 23.6 Å². The Hall–Kier alpha value is -2.54. The summed E-state index contributed by atoms with van der Waals surface area (Å²) >= 11 is 1.56. The van der Waals surface area contributed by atoms with Crippen molar-refractivity contribution in [3.05, 3.63) is 59.9 Å². The molecule has 1 fully saturated rings. The van der Waals surface area contributed by atoms with Crippen LogP contribution in [-0.4, -0.2) is 41.1 Å². The molecule has 7 heteroatoms. The van der Waals surface area contributed by atoms with E-state index in [-0.39, 0.29) is 23.6 Å². The van der Waals surface area contributed by atoms with Crippen molar-refractivity contribution in [2.75, 3.05) is 19.4 Å². The summed E-state index contributed by atoms with van der Waals surface area (Å²) in [6, 6.07) is 11.4. The van der Waals surface area contributed by atoms with E-state index in [1.54, 1.807) is 36.2 Å². The zero-order valence-electron chi connectivity index (χ0n) is 14.6. The maximum Gasteiger partial charge on any atom is 0.233 e. The van der Waals surface area contributed by atoms with E-state index >= 15 is 0 Å². The van der Waals surface area contributed by atoms with Crippen molar-refractivity contribution in [1.29, 1.82) is 0 Å². The predicted molar refractivity (Wildman–Crippen MR) is 101 cm³/mol. The van der Waals surface area contributed by atoms with Crippen LogP contribution in [0.1, 0.15) is 22.9 Å². The van der Waals surface area contributed by atoms with Gasteiger partial charge in [0.15, 0.2) is 0 Å². The van der Waals surface area contributed by atoms with E-state index in [1.165, 1.54) is 0 Å². The monoisotopic (exact) mass is 371 g/mol. The fraction of sp³-hybridized carbons (Fsp3) is 0.316. The third-order valence-corrected chi connectivity index (χ3v) is 5.43. The number of methoxy groups -OCH3 is 1.